The molecule has 10 heteroatoms. The van der Waals surface area contributed by atoms with Crippen LogP contribution in [0.1, 0.15) is 17.2 Å². The molecule has 1 fully saturated rings. The largest absolute Gasteiger partial charge is 0.446 e. The molecule has 1 aliphatic rings. The zero-order valence-corrected chi connectivity index (χ0v) is 21.3. The molecule has 1 unspecified atom stereocenters. The van der Waals surface area contributed by atoms with E-state index in [0.29, 0.717) is 40.3 Å². The van der Waals surface area contributed by atoms with Gasteiger partial charge in [-0.25, -0.2) is 0 Å². The number of hydrogen-bond donors (Lipinski definition) is 0. The summed E-state index contributed by atoms with van der Waals surface area (Å²) in [5.41, 5.74) is -1.89. The number of thioether (sulfide) groups is 1. The van der Waals surface area contributed by atoms with Gasteiger partial charge in [0.05, 0.1) is 23.2 Å². The number of hydrogen-bond acceptors (Lipinski definition) is 3. The van der Waals surface area contributed by atoms with E-state index in [1.54, 1.807) is 41.3 Å². The Hall–Kier alpha value is -2.06. The summed E-state index contributed by atoms with van der Waals surface area (Å²) in [7, 11) is 0. The van der Waals surface area contributed by atoms with Gasteiger partial charge in [-0.3, -0.25) is 4.79 Å². The SMILES string of the molecule is O=C(Cc1ccc(SC(F)(F)F)cc1)N1CCN(c2ccc(Cl)cc2Cl)C(c2ccc(Cl)cc2)C1. The number of benzene rings is 3. The van der Waals surface area contributed by atoms with Crippen LogP contribution in [0.15, 0.2) is 71.6 Å². The number of nitrogens with zero attached hydrogens (tertiary/aromatic N) is 2. The number of anilines is 1. The molecule has 0 spiro atoms. The highest BCUT2D eigenvalue weighted by Crippen LogP contribution is 2.38. The lowest BCUT2D eigenvalue weighted by atomic mass is 10.0. The van der Waals surface area contributed by atoms with E-state index in [1.807, 2.05) is 18.2 Å². The average molecular weight is 560 g/mol. The molecular formula is C25H20Cl3F3N2OS. The first-order valence-electron chi connectivity index (χ1n) is 10.7. The Morgan fingerprint density at radius 2 is 1.57 bits per heavy atom. The molecule has 1 saturated heterocycles. The summed E-state index contributed by atoms with van der Waals surface area (Å²) in [6.45, 7) is 1.44. The van der Waals surface area contributed by atoms with Crippen LogP contribution < -0.4 is 4.90 Å². The molecule has 3 aromatic carbocycles. The van der Waals surface area contributed by atoms with Crippen LogP contribution in [-0.2, 0) is 11.2 Å². The van der Waals surface area contributed by atoms with Crippen molar-refractivity contribution in [2.45, 2.75) is 22.9 Å². The van der Waals surface area contributed by atoms with Crippen molar-refractivity contribution in [3.8, 4) is 0 Å². The topological polar surface area (TPSA) is 23.6 Å². The first kappa shape index (κ1) is 26.0. The van der Waals surface area contributed by atoms with Gasteiger partial charge in [-0.1, -0.05) is 59.1 Å². The molecule has 1 aliphatic heterocycles. The minimum atomic E-state index is -4.35. The monoisotopic (exact) mass is 558 g/mol. The Morgan fingerprint density at radius 3 is 2.20 bits per heavy atom. The molecule has 1 heterocycles. The van der Waals surface area contributed by atoms with Gasteiger partial charge in [0.25, 0.3) is 0 Å². The first-order valence-corrected chi connectivity index (χ1v) is 12.6. The molecule has 184 valence electrons. The smallest absolute Gasteiger partial charge is 0.360 e. The maximum atomic E-state index is 13.1. The van der Waals surface area contributed by atoms with Crippen LogP contribution in [0.5, 0.6) is 0 Å². The standard InChI is InChI=1S/C25H20Cl3F3N2OS/c26-18-5-3-17(4-6-18)23-15-32(11-12-33(23)22-10-7-19(27)14-21(22)28)24(34)13-16-1-8-20(9-2-16)35-25(29,30)31/h1-10,14,23H,11-13,15H2. The fourth-order valence-corrected chi connectivity index (χ4v) is 5.26. The maximum absolute atomic E-state index is 13.1. The van der Waals surface area contributed by atoms with Crippen LogP contribution in [0.25, 0.3) is 0 Å². The highest BCUT2D eigenvalue weighted by atomic mass is 35.5. The van der Waals surface area contributed by atoms with E-state index in [1.165, 1.54) is 12.1 Å². The summed E-state index contributed by atoms with van der Waals surface area (Å²) in [5, 5.41) is 1.67. The molecule has 0 radical (unpaired) electrons. The normalized spacial score (nSPS) is 16.5. The minimum Gasteiger partial charge on any atom is -0.360 e. The Labute approximate surface area is 220 Å². The number of carbonyl (C=O) groups is 1. The Kier molecular flexibility index (Phi) is 8.11. The maximum Gasteiger partial charge on any atom is 0.446 e. The molecule has 4 rings (SSSR count). The molecule has 3 nitrogen and oxygen atoms in total. The zero-order chi connectivity index (χ0) is 25.2. The molecule has 0 bridgehead atoms. The lowest BCUT2D eigenvalue weighted by molar-refractivity contribution is -0.131. The third kappa shape index (κ3) is 6.79. The van der Waals surface area contributed by atoms with E-state index >= 15 is 0 Å². The summed E-state index contributed by atoms with van der Waals surface area (Å²) in [6.07, 6.45) is 0.103. The molecule has 3 aromatic rings. The zero-order valence-electron chi connectivity index (χ0n) is 18.2. The Balaban J connectivity index is 1.52. The second-order valence-electron chi connectivity index (χ2n) is 8.06. The van der Waals surface area contributed by atoms with Crippen LogP contribution in [0, 0.1) is 0 Å². The quantitative estimate of drug-likeness (QED) is 0.297. The van der Waals surface area contributed by atoms with Gasteiger partial charge >= 0.3 is 5.51 Å². The van der Waals surface area contributed by atoms with Gasteiger partial charge in [0, 0.05) is 34.6 Å². The molecule has 0 aliphatic carbocycles. The molecule has 0 saturated carbocycles. The number of carbonyl (C=O) groups excluding carboxylic acids is 1. The van der Waals surface area contributed by atoms with Gasteiger partial charge < -0.3 is 9.80 Å². The summed E-state index contributed by atoms with van der Waals surface area (Å²) in [5.74, 6) is -0.0953. The highest BCUT2D eigenvalue weighted by Gasteiger charge is 2.32. The fraction of sp³-hybridized carbons (Fsp3) is 0.240. The van der Waals surface area contributed by atoms with Gasteiger partial charge in [-0.15, -0.1) is 0 Å². The predicted octanol–water partition coefficient (Wildman–Crippen LogP) is 7.89. The Morgan fingerprint density at radius 1 is 0.914 bits per heavy atom. The molecule has 0 N–H and O–H groups in total. The summed E-state index contributed by atoms with van der Waals surface area (Å²) in [4.78, 5) is 17.1. The Bertz CT molecular complexity index is 1190. The number of amides is 1. The summed E-state index contributed by atoms with van der Waals surface area (Å²) >= 11 is 18.5. The molecule has 35 heavy (non-hydrogen) atoms. The van der Waals surface area contributed by atoms with Gasteiger partial charge in [0.2, 0.25) is 5.91 Å². The average Bonchev–Trinajstić information content (AvgIpc) is 2.80. The van der Waals surface area contributed by atoms with Crippen molar-refractivity contribution in [2.24, 2.45) is 0 Å². The summed E-state index contributed by atoms with van der Waals surface area (Å²) in [6, 6.07) is 18.5. The molecular weight excluding hydrogens is 540 g/mol. The number of rotatable bonds is 5. The van der Waals surface area contributed by atoms with E-state index in [4.69, 9.17) is 34.8 Å². The summed E-state index contributed by atoms with van der Waals surface area (Å²) < 4.78 is 37.7. The third-order valence-corrected chi connectivity index (χ3v) is 7.25. The van der Waals surface area contributed by atoms with Crippen LogP contribution in [0.2, 0.25) is 15.1 Å². The van der Waals surface area contributed by atoms with E-state index in [0.717, 1.165) is 11.3 Å². The lowest BCUT2D eigenvalue weighted by Crippen LogP contribution is -2.51. The number of piperazine rings is 1. The molecule has 1 atom stereocenters. The molecule has 0 aromatic heterocycles. The van der Waals surface area contributed by atoms with Crippen molar-refractivity contribution in [1.29, 1.82) is 0 Å². The second kappa shape index (κ2) is 10.9. The first-order chi connectivity index (χ1) is 16.6. The number of alkyl halides is 3. The van der Waals surface area contributed by atoms with Crippen LogP contribution in [0.4, 0.5) is 18.9 Å². The van der Waals surface area contributed by atoms with E-state index < -0.39 is 5.51 Å². The van der Waals surface area contributed by atoms with Gasteiger partial charge in [-0.05, 0) is 65.4 Å². The predicted molar refractivity (Wildman–Crippen MR) is 137 cm³/mol. The van der Waals surface area contributed by atoms with E-state index in [2.05, 4.69) is 4.90 Å². The van der Waals surface area contributed by atoms with E-state index in [9.17, 15) is 18.0 Å². The van der Waals surface area contributed by atoms with Crippen molar-refractivity contribution in [3.05, 3.63) is 92.9 Å². The van der Waals surface area contributed by atoms with Crippen molar-refractivity contribution < 1.29 is 18.0 Å². The van der Waals surface area contributed by atoms with Crippen molar-refractivity contribution in [3.63, 3.8) is 0 Å². The lowest BCUT2D eigenvalue weighted by Gasteiger charge is -2.43. The van der Waals surface area contributed by atoms with Gasteiger partial charge in [-0.2, -0.15) is 13.2 Å². The van der Waals surface area contributed by atoms with Crippen LogP contribution >= 0.6 is 46.6 Å². The third-order valence-electron chi connectivity index (χ3n) is 5.72. The van der Waals surface area contributed by atoms with Crippen molar-refractivity contribution >= 4 is 58.2 Å². The minimum absolute atomic E-state index is 0.0879. The van der Waals surface area contributed by atoms with Crippen molar-refractivity contribution in [1.82, 2.24) is 4.90 Å². The molecule has 1 amide bonds. The second-order valence-corrected chi connectivity index (χ2v) is 10.5. The fourth-order valence-electron chi connectivity index (χ4n) is 4.08. The van der Waals surface area contributed by atoms with Crippen LogP contribution in [0.3, 0.4) is 0 Å². The van der Waals surface area contributed by atoms with Gasteiger partial charge in [0.15, 0.2) is 0 Å². The highest BCUT2D eigenvalue weighted by molar-refractivity contribution is 8.00. The van der Waals surface area contributed by atoms with Crippen molar-refractivity contribution in [2.75, 3.05) is 24.5 Å². The number of halogens is 6. The van der Waals surface area contributed by atoms with E-state index in [-0.39, 0.29) is 35.0 Å². The van der Waals surface area contributed by atoms with Gasteiger partial charge in [0.1, 0.15) is 0 Å². The van der Waals surface area contributed by atoms with Crippen LogP contribution in [-0.4, -0.2) is 35.9 Å².